The maximum Gasteiger partial charge on any atom is 0.127 e. The lowest BCUT2D eigenvalue weighted by Crippen LogP contribution is -3.30. The molecular formula is C15H32N3+3. The van der Waals surface area contributed by atoms with Crippen LogP contribution < -0.4 is 14.7 Å². The molecule has 0 bridgehead atoms. The number of nitrogens with one attached hydrogen (secondary N) is 3. The third kappa shape index (κ3) is 2.89. The monoisotopic (exact) mass is 254 g/mol. The van der Waals surface area contributed by atoms with E-state index in [-0.39, 0.29) is 0 Å². The Kier molecular flexibility index (Phi) is 4.22. The van der Waals surface area contributed by atoms with Gasteiger partial charge in [0.25, 0.3) is 0 Å². The zero-order valence-electron chi connectivity index (χ0n) is 12.1. The number of rotatable bonds is 2. The highest BCUT2D eigenvalue weighted by Gasteiger charge is 2.35. The number of piperazine rings is 1. The molecule has 0 radical (unpaired) electrons. The Hall–Kier alpha value is -0.120. The number of likely N-dealkylation sites (N-methyl/N-ethyl adjacent to an activating group) is 1. The molecule has 0 amide bonds. The van der Waals surface area contributed by atoms with Crippen molar-refractivity contribution in [3.63, 3.8) is 0 Å². The van der Waals surface area contributed by atoms with Crippen LogP contribution in [0.1, 0.15) is 38.5 Å². The Morgan fingerprint density at radius 1 is 0.611 bits per heavy atom. The zero-order chi connectivity index (χ0) is 12.4. The molecule has 0 spiro atoms. The number of quaternary nitrogens is 3. The second-order valence-corrected chi connectivity index (χ2v) is 7.03. The minimum absolute atomic E-state index is 1.00. The summed E-state index contributed by atoms with van der Waals surface area (Å²) in [6, 6.07) is 2.04. The Bertz CT molecular complexity index is 246. The molecule has 3 nitrogen and oxygen atoms in total. The highest BCUT2D eigenvalue weighted by molar-refractivity contribution is 4.69. The molecule has 3 N–H and O–H groups in total. The predicted octanol–water partition coefficient (Wildman–Crippen LogP) is -2.61. The van der Waals surface area contributed by atoms with Crippen molar-refractivity contribution < 1.29 is 14.7 Å². The van der Waals surface area contributed by atoms with E-state index in [0.29, 0.717) is 0 Å². The second kappa shape index (κ2) is 5.89. The first kappa shape index (κ1) is 12.9. The van der Waals surface area contributed by atoms with Gasteiger partial charge in [0.05, 0.1) is 32.2 Å². The van der Waals surface area contributed by atoms with Gasteiger partial charge in [-0.05, 0) is 25.7 Å². The van der Waals surface area contributed by atoms with Gasteiger partial charge >= 0.3 is 0 Å². The van der Waals surface area contributed by atoms with E-state index in [1.54, 1.807) is 4.90 Å². The molecule has 3 rings (SSSR count). The van der Waals surface area contributed by atoms with Gasteiger partial charge in [-0.1, -0.05) is 0 Å². The Morgan fingerprint density at radius 3 is 1.72 bits per heavy atom. The van der Waals surface area contributed by atoms with Gasteiger partial charge in [-0.25, -0.2) is 0 Å². The van der Waals surface area contributed by atoms with E-state index >= 15 is 0 Å². The van der Waals surface area contributed by atoms with Crippen molar-refractivity contribution >= 4 is 0 Å². The van der Waals surface area contributed by atoms with Crippen molar-refractivity contribution in [3.8, 4) is 0 Å². The minimum Gasteiger partial charge on any atom is -0.332 e. The summed E-state index contributed by atoms with van der Waals surface area (Å²) >= 11 is 0. The molecule has 3 fully saturated rings. The van der Waals surface area contributed by atoms with E-state index in [0.717, 1.165) is 12.1 Å². The maximum atomic E-state index is 2.35. The van der Waals surface area contributed by atoms with Crippen LogP contribution in [-0.2, 0) is 0 Å². The van der Waals surface area contributed by atoms with Gasteiger partial charge in [-0.2, -0.15) is 0 Å². The maximum absolute atomic E-state index is 2.35. The predicted molar refractivity (Wildman–Crippen MR) is 73.3 cm³/mol. The van der Waals surface area contributed by atoms with E-state index in [1.165, 1.54) is 77.8 Å². The van der Waals surface area contributed by atoms with E-state index in [2.05, 4.69) is 7.05 Å². The van der Waals surface area contributed by atoms with Gasteiger partial charge in [-0.15, -0.1) is 0 Å². The third-order valence-electron chi connectivity index (χ3n) is 5.88. The molecule has 0 unspecified atom stereocenters. The molecule has 3 heteroatoms. The lowest BCUT2D eigenvalue weighted by Gasteiger charge is -2.38. The van der Waals surface area contributed by atoms with Crippen LogP contribution in [0.15, 0.2) is 0 Å². The summed E-state index contributed by atoms with van der Waals surface area (Å²) in [5.74, 6) is 0. The number of hydrogen-bond acceptors (Lipinski definition) is 0. The molecule has 2 aliphatic heterocycles. The van der Waals surface area contributed by atoms with E-state index in [4.69, 9.17) is 0 Å². The molecule has 2 heterocycles. The van der Waals surface area contributed by atoms with Gasteiger partial charge in [0.1, 0.15) is 26.2 Å². The zero-order valence-corrected chi connectivity index (χ0v) is 12.1. The highest BCUT2D eigenvalue weighted by atomic mass is 15.3. The number of likely N-dealkylation sites (tertiary alicyclic amines) is 1. The average molecular weight is 254 g/mol. The molecule has 0 atom stereocenters. The third-order valence-corrected chi connectivity index (χ3v) is 5.88. The van der Waals surface area contributed by atoms with Crippen LogP contribution in [0.4, 0.5) is 0 Å². The van der Waals surface area contributed by atoms with Gasteiger partial charge in [-0.3, -0.25) is 0 Å². The molecule has 1 aliphatic carbocycles. The summed E-state index contributed by atoms with van der Waals surface area (Å²) in [5, 5.41) is 0. The summed E-state index contributed by atoms with van der Waals surface area (Å²) in [7, 11) is 2.35. The van der Waals surface area contributed by atoms with Crippen molar-refractivity contribution in [1.29, 1.82) is 0 Å². The van der Waals surface area contributed by atoms with Crippen LogP contribution in [0.5, 0.6) is 0 Å². The summed E-state index contributed by atoms with van der Waals surface area (Å²) in [5.41, 5.74) is 0. The van der Waals surface area contributed by atoms with Crippen molar-refractivity contribution in [2.45, 2.75) is 50.6 Å². The van der Waals surface area contributed by atoms with Crippen LogP contribution in [-0.4, -0.2) is 58.4 Å². The molecule has 104 valence electrons. The standard InChI is InChI=1S/C15H29N3/c1-16-10-12-18(13-11-16)15-6-8-17(9-7-15)14-4-2-3-5-14/h14-15H,2-13H2,1H3/p+3. The Labute approximate surface area is 112 Å². The fraction of sp³-hybridized carbons (Fsp3) is 1.00. The van der Waals surface area contributed by atoms with E-state index in [1.807, 2.05) is 9.80 Å². The average Bonchev–Trinajstić information content (AvgIpc) is 2.94. The van der Waals surface area contributed by atoms with Gasteiger partial charge in [0.2, 0.25) is 0 Å². The molecule has 0 aromatic rings. The topological polar surface area (TPSA) is 13.3 Å². The van der Waals surface area contributed by atoms with Gasteiger partial charge in [0.15, 0.2) is 0 Å². The largest absolute Gasteiger partial charge is 0.332 e. The first-order chi connectivity index (χ1) is 8.83. The number of hydrogen-bond donors (Lipinski definition) is 3. The number of piperidine rings is 1. The SMILES string of the molecule is C[NH+]1CC[NH+](C2CC[NH+](C3CCCC3)CC2)CC1. The first-order valence-corrected chi connectivity index (χ1v) is 8.33. The summed E-state index contributed by atoms with van der Waals surface area (Å²) in [6.45, 7) is 8.59. The van der Waals surface area contributed by atoms with Crippen LogP contribution in [0.25, 0.3) is 0 Å². The van der Waals surface area contributed by atoms with E-state index < -0.39 is 0 Å². The minimum atomic E-state index is 1.00. The summed E-state index contributed by atoms with van der Waals surface area (Å²) in [6.07, 6.45) is 9.05. The molecule has 3 aliphatic rings. The normalized spacial score (nSPS) is 43.2. The molecule has 0 aromatic heterocycles. The molecular weight excluding hydrogens is 222 g/mol. The fourth-order valence-corrected chi connectivity index (χ4v) is 4.55. The van der Waals surface area contributed by atoms with Crippen LogP contribution in [0, 0.1) is 0 Å². The second-order valence-electron chi connectivity index (χ2n) is 7.03. The lowest BCUT2D eigenvalue weighted by atomic mass is 10.00. The van der Waals surface area contributed by atoms with Crippen molar-refractivity contribution in [2.75, 3.05) is 46.3 Å². The van der Waals surface area contributed by atoms with Crippen LogP contribution in [0.3, 0.4) is 0 Å². The highest BCUT2D eigenvalue weighted by Crippen LogP contribution is 2.16. The summed E-state index contributed by atoms with van der Waals surface area (Å²) < 4.78 is 0. The Morgan fingerprint density at radius 2 is 1.11 bits per heavy atom. The fourth-order valence-electron chi connectivity index (χ4n) is 4.55. The smallest absolute Gasteiger partial charge is 0.127 e. The quantitative estimate of drug-likeness (QED) is 0.478. The molecule has 2 saturated heterocycles. The molecule has 1 saturated carbocycles. The van der Waals surface area contributed by atoms with Gasteiger partial charge in [0, 0.05) is 12.8 Å². The first-order valence-electron chi connectivity index (χ1n) is 8.33. The van der Waals surface area contributed by atoms with Crippen LogP contribution in [0.2, 0.25) is 0 Å². The van der Waals surface area contributed by atoms with Gasteiger partial charge < -0.3 is 14.7 Å². The molecule has 18 heavy (non-hydrogen) atoms. The van der Waals surface area contributed by atoms with E-state index in [9.17, 15) is 0 Å². The van der Waals surface area contributed by atoms with Crippen molar-refractivity contribution in [3.05, 3.63) is 0 Å². The Balaban J connectivity index is 1.44. The van der Waals surface area contributed by atoms with Crippen molar-refractivity contribution in [1.82, 2.24) is 0 Å². The molecule has 0 aromatic carbocycles. The summed E-state index contributed by atoms with van der Waals surface area (Å²) in [4.78, 5) is 5.64. The van der Waals surface area contributed by atoms with Crippen molar-refractivity contribution in [2.24, 2.45) is 0 Å². The van der Waals surface area contributed by atoms with Crippen LogP contribution >= 0.6 is 0 Å². The lowest BCUT2D eigenvalue weighted by molar-refractivity contribution is -1.03.